The first kappa shape index (κ1) is 13.2. The molecule has 0 aliphatic carbocycles. The largest absolute Gasteiger partial charge is 0.479 e. The number of carboxylic acid groups (broad SMARTS) is 1. The van der Waals surface area contributed by atoms with Crippen molar-refractivity contribution in [1.82, 2.24) is 10.1 Å². The molecule has 2 aromatic rings. The van der Waals surface area contributed by atoms with Crippen LogP contribution in [0.25, 0.3) is 11.5 Å². The molecule has 0 spiro atoms. The summed E-state index contributed by atoms with van der Waals surface area (Å²) in [6.07, 6.45) is -0.902. The number of aromatic nitrogens is 2. The summed E-state index contributed by atoms with van der Waals surface area (Å²) in [7, 11) is 0. The van der Waals surface area contributed by atoms with E-state index in [-0.39, 0.29) is 6.61 Å². The number of rotatable bonds is 5. The molecule has 0 amide bonds. The molecule has 0 bridgehead atoms. The average Bonchev–Trinajstić information content (AvgIpc) is 2.84. The van der Waals surface area contributed by atoms with Gasteiger partial charge in [-0.25, -0.2) is 4.79 Å². The number of aliphatic carboxylic acids is 1. The third kappa shape index (κ3) is 3.38. The van der Waals surface area contributed by atoms with Gasteiger partial charge in [0.1, 0.15) is 6.61 Å². The van der Waals surface area contributed by atoms with Crippen LogP contribution in [0.15, 0.2) is 28.8 Å². The van der Waals surface area contributed by atoms with Gasteiger partial charge in [-0.3, -0.25) is 0 Å². The van der Waals surface area contributed by atoms with Gasteiger partial charge in [0.25, 0.3) is 5.89 Å². The highest BCUT2D eigenvalue weighted by molar-refractivity contribution is 5.71. The summed E-state index contributed by atoms with van der Waals surface area (Å²) in [5, 5.41) is 12.4. The molecule has 0 saturated carbocycles. The van der Waals surface area contributed by atoms with Crippen LogP contribution in [-0.4, -0.2) is 27.3 Å². The molecular formula is C13H14N2O4. The van der Waals surface area contributed by atoms with Gasteiger partial charge in [-0.05, 0) is 26.0 Å². The molecule has 100 valence electrons. The van der Waals surface area contributed by atoms with Crippen molar-refractivity contribution in [2.45, 2.75) is 26.6 Å². The van der Waals surface area contributed by atoms with E-state index in [1.807, 2.05) is 31.2 Å². The minimum atomic E-state index is -1.03. The number of hydrogen-bond acceptors (Lipinski definition) is 5. The zero-order valence-corrected chi connectivity index (χ0v) is 10.7. The molecular weight excluding hydrogens is 248 g/mol. The van der Waals surface area contributed by atoms with Gasteiger partial charge < -0.3 is 14.4 Å². The van der Waals surface area contributed by atoms with Gasteiger partial charge >= 0.3 is 5.97 Å². The fourth-order valence-electron chi connectivity index (χ4n) is 1.48. The number of hydrogen-bond donors (Lipinski definition) is 1. The number of nitrogens with zero attached hydrogens (tertiary/aromatic N) is 2. The Balaban J connectivity index is 2.05. The molecule has 1 aromatic heterocycles. The fourth-order valence-corrected chi connectivity index (χ4v) is 1.48. The van der Waals surface area contributed by atoms with E-state index in [4.69, 9.17) is 14.4 Å². The molecule has 0 radical (unpaired) electrons. The molecule has 0 saturated heterocycles. The van der Waals surface area contributed by atoms with Crippen molar-refractivity contribution in [3.05, 3.63) is 35.7 Å². The van der Waals surface area contributed by atoms with Gasteiger partial charge in [0.2, 0.25) is 0 Å². The lowest BCUT2D eigenvalue weighted by Crippen LogP contribution is -2.19. The molecule has 19 heavy (non-hydrogen) atoms. The predicted molar refractivity (Wildman–Crippen MR) is 66.4 cm³/mol. The first-order valence-corrected chi connectivity index (χ1v) is 5.80. The van der Waals surface area contributed by atoms with Crippen LogP contribution in [0.2, 0.25) is 0 Å². The Kier molecular flexibility index (Phi) is 3.91. The van der Waals surface area contributed by atoms with Crippen molar-refractivity contribution in [2.24, 2.45) is 0 Å². The lowest BCUT2D eigenvalue weighted by molar-refractivity contribution is -0.150. The van der Waals surface area contributed by atoms with Crippen LogP contribution in [0, 0.1) is 6.92 Å². The summed E-state index contributed by atoms with van der Waals surface area (Å²) in [4.78, 5) is 14.8. The molecule has 1 atom stereocenters. The zero-order valence-electron chi connectivity index (χ0n) is 10.7. The van der Waals surface area contributed by atoms with E-state index in [0.717, 1.165) is 11.1 Å². The van der Waals surface area contributed by atoms with Gasteiger partial charge in [-0.15, -0.1) is 0 Å². The number of aryl methyl sites for hydroxylation is 1. The second-order valence-corrected chi connectivity index (χ2v) is 4.18. The molecule has 6 heteroatoms. The SMILES string of the molecule is Cc1cccc(-c2nc(CO[C@@H](C)C(=O)O)no2)c1. The Morgan fingerprint density at radius 1 is 1.53 bits per heavy atom. The van der Waals surface area contributed by atoms with Gasteiger partial charge in [-0.2, -0.15) is 4.98 Å². The highest BCUT2D eigenvalue weighted by Gasteiger charge is 2.14. The third-order valence-electron chi connectivity index (χ3n) is 2.54. The zero-order chi connectivity index (χ0) is 13.8. The van der Waals surface area contributed by atoms with Crippen molar-refractivity contribution in [3.8, 4) is 11.5 Å². The smallest absolute Gasteiger partial charge is 0.332 e. The van der Waals surface area contributed by atoms with E-state index in [2.05, 4.69) is 10.1 Å². The van der Waals surface area contributed by atoms with Crippen molar-refractivity contribution in [2.75, 3.05) is 0 Å². The Labute approximate surface area is 110 Å². The van der Waals surface area contributed by atoms with E-state index in [9.17, 15) is 4.79 Å². The highest BCUT2D eigenvalue weighted by Crippen LogP contribution is 2.18. The number of benzene rings is 1. The van der Waals surface area contributed by atoms with E-state index in [0.29, 0.717) is 11.7 Å². The van der Waals surface area contributed by atoms with Gasteiger partial charge in [0, 0.05) is 5.56 Å². The highest BCUT2D eigenvalue weighted by atomic mass is 16.5. The summed E-state index contributed by atoms with van der Waals surface area (Å²) in [6, 6.07) is 7.67. The van der Waals surface area contributed by atoms with Gasteiger partial charge in [0.15, 0.2) is 11.9 Å². The molecule has 1 aromatic carbocycles. The van der Waals surface area contributed by atoms with Crippen LogP contribution in [0.5, 0.6) is 0 Å². The van der Waals surface area contributed by atoms with Crippen LogP contribution < -0.4 is 0 Å². The Hall–Kier alpha value is -2.21. The van der Waals surface area contributed by atoms with Crippen molar-refractivity contribution in [3.63, 3.8) is 0 Å². The average molecular weight is 262 g/mol. The van der Waals surface area contributed by atoms with Crippen molar-refractivity contribution >= 4 is 5.97 Å². The number of carboxylic acids is 1. The summed E-state index contributed by atoms with van der Waals surface area (Å²) in [6.45, 7) is 3.42. The van der Waals surface area contributed by atoms with Gasteiger partial charge in [0.05, 0.1) is 0 Å². The molecule has 2 rings (SSSR count). The van der Waals surface area contributed by atoms with Crippen molar-refractivity contribution in [1.29, 1.82) is 0 Å². The lowest BCUT2D eigenvalue weighted by atomic mass is 10.1. The first-order chi connectivity index (χ1) is 9.06. The maximum Gasteiger partial charge on any atom is 0.332 e. The van der Waals surface area contributed by atoms with E-state index < -0.39 is 12.1 Å². The van der Waals surface area contributed by atoms with Crippen LogP contribution in [0.4, 0.5) is 0 Å². The second kappa shape index (κ2) is 5.62. The Bertz CT molecular complexity index is 580. The van der Waals surface area contributed by atoms with Crippen LogP contribution in [0.1, 0.15) is 18.3 Å². The molecule has 0 aliphatic heterocycles. The van der Waals surface area contributed by atoms with Crippen LogP contribution in [0.3, 0.4) is 0 Å². The Morgan fingerprint density at radius 3 is 3.00 bits per heavy atom. The van der Waals surface area contributed by atoms with Gasteiger partial charge in [-0.1, -0.05) is 22.9 Å². The summed E-state index contributed by atoms with van der Waals surface area (Å²) in [5.74, 6) is -0.308. The van der Waals surface area contributed by atoms with Crippen LogP contribution >= 0.6 is 0 Å². The molecule has 0 fully saturated rings. The minimum Gasteiger partial charge on any atom is -0.479 e. The summed E-state index contributed by atoms with van der Waals surface area (Å²) < 4.78 is 10.2. The molecule has 1 heterocycles. The van der Waals surface area contributed by atoms with Crippen LogP contribution in [-0.2, 0) is 16.1 Å². The number of ether oxygens (including phenoxy) is 1. The maximum absolute atomic E-state index is 10.6. The summed E-state index contributed by atoms with van der Waals surface area (Å²) in [5.41, 5.74) is 1.91. The minimum absolute atomic E-state index is 0.00276. The maximum atomic E-state index is 10.6. The standard InChI is InChI=1S/C13H14N2O4/c1-8-4-3-5-10(6-8)12-14-11(15-19-12)7-18-9(2)13(16)17/h3-6,9H,7H2,1-2H3,(H,16,17)/t9-/m0/s1. The third-order valence-corrected chi connectivity index (χ3v) is 2.54. The molecule has 0 aliphatic rings. The molecule has 1 N–H and O–H groups in total. The van der Waals surface area contributed by atoms with Crippen molar-refractivity contribution < 1.29 is 19.2 Å². The van der Waals surface area contributed by atoms with E-state index >= 15 is 0 Å². The lowest BCUT2D eigenvalue weighted by Gasteiger charge is -2.04. The second-order valence-electron chi connectivity index (χ2n) is 4.18. The number of carbonyl (C=O) groups is 1. The van der Waals surface area contributed by atoms with E-state index in [1.165, 1.54) is 6.92 Å². The predicted octanol–water partition coefficient (Wildman–Crippen LogP) is 2.03. The van der Waals surface area contributed by atoms with E-state index in [1.54, 1.807) is 0 Å². The quantitative estimate of drug-likeness (QED) is 0.887. The fraction of sp³-hybridized carbons (Fsp3) is 0.308. The molecule has 6 nitrogen and oxygen atoms in total. The monoisotopic (exact) mass is 262 g/mol. The Morgan fingerprint density at radius 2 is 2.32 bits per heavy atom. The summed E-state index contributed by atoms with van der Waals surface area (Å²) >= 11 is 0. The first-order valence-electron chi connectivity index (χ1n) is 5.80. The topological polar surface area (TPSA) is 85.5 Å². The molecule has 0 unspecified atom stereocenters. The normalized spacial score (nSPS) is 12.3.